The van der Waals surface area contributed by atoms with Crippen LogP contribution in [0.3, 0.4) is 0 Å². The van der Waals surface area contributed by atoms with Crippen LogP contribution in [0, 0.1) is 6.92 Å². The molecule has 1 aromatic heterocycles. The Morgan fingerprint density at radius 3 is 2.47 bits per heavy atom. The summed E-state index contributed by atoms with van der Waals surface area (Å²) >= 11 is 6.13. The normalized spacial score (nSPS) is 19.2. The van der Waals surface area contributed by atoms with Gasteiger partial charge in [-0.1, -0.05) is 30.7 Å². The number of sulfone groups is 1. The summed E-state index contributed by atoms with van der Waals surface area (Å²) < 4.78 is 25.5. The van der Waals surface area contributed by atoms with Gasteiger partial charge in [0.25, 0.3) is 0 Å². The molecule has 0 N–H and O–H groups in total. The van der Waals surface area contributed by atoms with Crippen LogP contribution in [-0.4, -0.2) is 54.3 Å². The molecule has 2 aromatic carbocycles. The number of carbonyl (C=O) groups excluding carboxylic acids is 1. The maximum Gasteiger partial charge on any atom is 0.179 e. The molecule has 2 heterocycles. The molecule has 1 aliphatic rings. The van der Waals surface area contributed by atoms with Crippen molar-refractivity contribution in [1.82, 2.24) is 9.47 Å². The van der Waals surface area contributed by atoms with Gasteiger partial charge in [-0.15, -0.1) is 0 Å². The van der Waals surface area contributed by atoms with E-state index < -0.39 is 9.84 Å². The smallest absolute Gasteiger partial charge is 0.179 e. The number of nitrogens with zero attached hydrogens (tertiary/aromatic N) is 2. The monoisotopic (exact) mass is 500 g/mol. The Morgan fingerprint density at radius 2 is 1.82 bits per heavy atom. The van der Waals surface area contributed by atoms with Crippen LogP contribution in [0.5, 0.6) is 0 Å². The molecule has 2 unspecified atom stereocenters. The molecule has 34 heavy (non-hydrogen) atoms. The molecule has 7 heteroatoms. The molecule has 3 aromatic rings. The number of hydrogen-bond donors (Lipinski definition) is 0. The van der Waals surface area contributed by atoms with Crippen molar-refractivity contribution in [2.75, 3.05) is 18.6 Å². The highest BCUT2D eigenvalue weighted by atomic mass is 35.5. The number of carbonyl (C=O) groups is 1. The quantitative estimate of drug-likeness (QED) is 0.376. The molecule has 0 spiro atoms. The fourth-order valence-corrected chi connectivity index (χ4v) is 6.02. The van der Waals surface area contributed by atoms with Gasteiger partial charge < -0.3 is 4.57 Å². The van der Waals surface area contributed by atoms with Gasteiger partial charge >= 0.3 is 0 Å². The van der Waals surface area contributed by atoms with Gasteiger partial charge in [0.2, 0.25) is 0 Å². The van der Waals surface area contributed by atoms with Crippen LogP contribution in [0.15, 0.2) is 42.5 Å². The Bertz CT molecular complexity index is 1310. The van der Waals surface area contributed by atoms with Gasteiger partial charge in [-0.25, -0.2) is 8.42 Å². The minimum atomic E-state index is -3.07. The van der Waals surface area contributed by atoms with Crippen LogP contribution in [-0.2, 0) is 16.3 Å². The lowest BCUT2D eigenvalue weighted by molar-refractivity contribution is 0.0890. The number of likely N-dealkylation sites (tertiary alicyclic amines) is 1. The maximum atomic E-state index is 13.7. The summed E-state index contributed by atoms with van der Waals surface area (Å²) in [4.78, 5) is 16.1. The maximum absolute atomic E-state index is 13.7. The highest BCUT2D eigenvalue weighted by Crippen LogP contribution is 2.33. The summed E-state index contributed by atoms with van der Waals surface area (Å²) in [6, 6.07) is 14.4. The molecular weight excluding hydrogens is 468 g/mol. The predicted molar refractivity (Wildman–Crippen MR) is 140 cm³/mol. The average Bonchev–Trinajstić information content (AvgIpc) is 3.28. The number of hydrogen-bond acceptors (Lipinski definition) is 4. The van der Waals surface area contributed by atoms with Crippen molar-refractivity contribution in [1.29, 1.82) is 0 Å². The van der Waals surface area contributed by atoms with Crippen LogP contribution in [0.25, 0.3) is 16.6 Å². The van der Waals surface area contributed by atoms with Crippen molar-refractivity contribution >= 4 is 38.1 Å². The van der Waals surface area contributed by atoms with E-state index in [9.17, 15) is 13.2 Å². The van der Waals surface area contributed by atoms with Crippen LogP contribution in [0.2, 0.25) is 5.02 Å². The summed E-state index contributed by atoms with van der Waals surface area (Å²) in [5.41, 5.74) is 4.41. The van der Waals surface area contributed by atoms with E-state index in [4.69, 9.17) is 11.6 Å². The molecule has 2 atom stereocenters. The van der Waals surface area contributed by atoms with E-state index in [-0.39, 0.29) is 11.5 Å². The Morgan fingerprint density at radius 1 is 1.12 bits per heavy atom. The number of halogens is 1. The first kappa shape index (κ1) is 25.0. The second kappa shape index (κ2) is 9.84. The van der Waals surface area contributed by atoms with Crippen LogP contribution < -0.4 is 0 Å². The topological polar surface area (TPSA) is 59.4 Å². The molecule has 182 valence electrons. The number of fused-ring (bicyclic) bond motifs is 1. The first-order chi connectivity index (χ1) is 16.1. The summed E-state index contributed by atoms with van der Waals surface area (Å²) in [6.07, 6.45) is 5.01. The largest absolute Gasteiger partial charge is 0.313 e. The summed E-state index contributed by atoms with van der Waals surface area (Å²) in [5, 5.41) is 1.55. The minimum absolute atomic E-state index is 0.0934. The van der Waals surface area contributed by atoms with Crippen molar-refractivity contribution in [3.8, 4) is 5.69 Å². The minimum Gasteiger partial charge on any atom is -0.313 e. The van der Waals surface area contributed by atoms with E-state index in [2.05, 4.69) is 23.3 Å². The lowest BCUT2D eigenvalue weighted by Crippen LogP contribution is -2.38. The van der Waals surface area contributed by atoms with Crippen molar-refractivity contribution in [2.24, 2.45) is 0 Å². The highest BCUT2D eigenvalue weighted by molar-refractivity contribution is 7.90. The fourth-order valence-electron chi connectivity index (χ4n) is 5.29. The Labute approximate surface area is 207 Å². The third kappa shape index (κ3) is 5.09. The molecule has 0 bridgehead atoms. The first-order valence-electron chi connectivity index (χ1n) is 12.0. The van der Waals surface area contributed by atoms with Crippen molar-refractivity contribution in [3.63, 3.8) is 0 Å². The Hall–Kier alpha value is -2.15. The molecule has 4 rings (SSSR count). The molecule has 1 aliphatic heterocycles. The molecule has 1 saturated heterocycles. The molecular formula is C27H33ClN2O3S. The third-order valence-electron chi connectivity index (χ3n) is 7.15. The second-order valence-corrected chi connectivity index (χ2v) is 12.3. The summed E-state index contributed by atoms with van der Waals surface area (Å²) in [6.45, 7) is 6.80. The zero-order valence-corrected chi connectivity index (χ0v) is 21.9. The van der Waals surface area contributed by atoms with Gasteiger partial charge in [0, 0.05) is 45.7 Å². The van der Waals surface area contributed by atoms with E-state index in [0.717, 1.165) is 52.7 Å². The van der Waals surface area contributed by atoms with E-state index >= 15 is 0 Å². The zero-order valence-electron chi connectivity index (χ0n) is 20.3. The second-order valence-electron chi connectivity index (χ2n) is 9.59. The number of aryl methyl sites for hydroxylation is 1. The van der Waals surface area contributed by atoms with Crippen LogP contribution >= 0.6 is 11.6 Å². The Kier molecular flexibility index (Phi) is 7.22. The lowest BCUT2D eigenvalue weighted by atomic mass is 10.0. The van der Waals surface area contributed by atoms with E-state index in [1.807, 2.05) is 49.4 Å². The molecule has 5 nitrogen and oxygen atoms in total. The van der Waals surface area contributed by atoms with Gasteiger partial charge in [-0.05, 0) is 75.4 Å². The third-order valence-corrected chi connectivity index (χ3v) is 8.34. The van der Waals surface area contributed by atoms with Crippen molar-refractivity contribution < 1.29 is 13.2 Å². The van der Waals surface area contributed by atoms with Crippen LogP contribution in [0.1, 0.15) is 54.7 Å². The van der Waals surface area contributed by atoms with Gasteiger partial charge in [0.05, 0.1) is 17.8 Å². The summed E-state index contributed by atoms with van der Waals surface area (Å²) in [7, 11) is -3.07. The molecule has 0 amide bonds. The lowest BCUT2D eigenvalue weighted by Gasteiger charge is -2.26. The fraction of sp³-hybridized carbons (Fsp3) is 0.444. The standard InChI is InChI=1S/C27H33ClN2O3S/c1-5-22-10-6-18(2)29(22)17-26(31)27-19(3)30(23-11-8-21(28)9-12-23)25-16-20(7-13-24(25)27)14-15-34(4,32)33/h7-9,11-13,16,18,22H,5-6,10,14-15,17H2,1-4H3. The van der Waals surface area contributed by atoms with Crippen molar-refractivity contribution in [3.05, 3.63) is 64.3 Å². The molecule has 1 fully saturated rings. The molecule has 0 radical (unpaired) electrons. The number of benzene rings is 2. The van der Waals surface area contributed by atoms with Gasteiger partial charge in [0.15, 0.2) is 5.78 Å². The average molecular weight is 501 g/mol. The van der Waals surface area contributed by atoms with E-state index in [1.54, 1.807) is 0 Å². The van der Waals surface area contributed by atoms with Gasteiger partial charge in [-0.3, -0.25) is 9.69 Å². The van der Waals surface area contributed by atoms with Crippen LogP contribution in [0.4, 0.5) is 0 Å². The Balaban J connectivity index is 1.80. The SMILES string of the molecule is CCC1CCC(C)N1CC(=O)c1c(C)n(-c2ccc(Cl)cc2)c2cc(CCS(C)(=O)=O)ccc12. The van der Waals surface area contributed by atoms with E-state index in [1.165, 1.54) is 6.26 Å². The van der Waals surface area contributed by atoms with Gasteiger partial charge in [0.1, 0.15) is 9.84 Å². The summed E-state index contributed by atoms with van der Waals surface area (Å²) in [5.74, 6) is 0.224. The first-order valence-corrected chi connectivity index (χ1v) is 14.4. The zero-order chi connectivity index (χ0) is 24.6. The van der Waals surface area contributed by atoms with E-state index in [0.29, 0.717) is 30.1 Å². The number of rotatable bonds is 8. The highest BCUT2D eigenvalue weighted by Gasteiger charge is 2.32. The van der Waals surface area contributed by atoms with Crippen molar-refractivity contribution in [2.45, 2.75) is 58.5 Å². The molecule has 0 saturated carbocycles. The number of aromatic nitrogens is 1. The number of Topliss-reactive ketones (excluding diaryl/α,β-unsaturated/α-hetero) is 1. The predicted octanol–water partition coefficient (Wildman–Crippen LogP) is 5.63. The van der Waals surface area contributed by atoms with Gasteiger partial charge in [-0.2, -0.15) is 0 Å². The molecule has 0 aliphatic carbocycles. The number of ketones is 1.